The predicted molar refractivity (Wildman–Crippen MR) is 127 cm³/mol. The first kappa shape index (κ1) is 23.9. The number of carboxylic acid groups (broad SMARTS) is 1. The molecular formula is C25H27N5O5. The Morgan fingerprint density at radius 1 is 1.06 bits per heavy atom. The van der Waals surface area contributed by atoms with E-state index in [9.17, 15) is 14.4 Å². The van der Waals surface area contributed by atoms with E-state index in [0.29, 0.717) is 6.54 Å². The molecule has 3 N–H and O–H groups in total. The van der Waals surface area contributed by atoms with Gasteiger partial charge in [0.15, 0.2) is 5.69 Å². The van der Waals surface area contributed by atoms with Crippen molar-refractivity contribution in [2.45, 2.75) is 25.8 Å². The van der Waals surface area contributed by atoms with Gasteiger partial charge in [0, 0.05) is 25.4 Å². The molecule has 4 rings (SSSR count). The number of ether oxygens (including phenoxy) is 1. The van der Waals surface area contributed by atoms with E-state index in [1.807, 2.05) is 24.3 Å². The third kappa shape index (κ3) is 5.84. The highest BCUT2D eigenvalue weighted by atomic mass is 16.5. The van der Waals surface area contributed by atoms with Crippen molar-refractivity contribution in [1.82, 2.24) is 25.6 Å². The van der Waals surface area contributed by atoms with Crippen molar-refractivity contribution in [1.29, 1.82) is 0 Å². The van der Waals surface area contributed by atoms with Crippen molar-refractivity contribution in [2.75, 3.05) is 19.7 Å². The Morgan fingerprint density at radius 3 is 2.37 bits per heavy atom. The molecule has 1 aliphatic rings. The quantitative estimate of drug-likeness (QED) is 0.408. The number of aromatic nitrogens is 3. The molecular weight excluding hydrogens is 450 g/mol. The lowest BCUT2D eigenvalue weighted by atomic mass is 9.98. The number of carboxylic acids is 1. The van der Waals surface area contributed by atoms with Crippen molar-refractivity contribution >= 4 is 18.0 Å². The van der Waals surface area contributed by atoms with Crippen LogP contribution in [0.25, 0.3) is 11.1 Å². The van der Waals surface area contributed by atoms with Gasteiger partial charge in [0.2, 0.25) is 0 Å². The third-order valence-corrected chi connectivity index (χ3v) is 5.86. The number of aliphatic carboxylic acids is 1. The first-order chi connectivity index (χ1) is 16.9. The summed E-state index contributed by atoms with van der Waals surface area (Å²) in [7, 11) is 0. The second-order valence-electron chi connectivity index (χ2n) is 8.53. The van der Waals surface area contributed by atoms with Gasteiger partial charge in [0.1, 0.15) is 6.61 Å². The van der Waals surface area contributed by atoms with Gasteiger partial charge in [0.25, 0.3) is 5.91 Å². The fourth-order valence-electron chi connectivity index (χ4n) is 4.16. The van der Waals surface area contributed by atoms with Gasteiger partial charge in [-0.3, -0.25) is 9.59 Å². The number of fused-ring (bicyclic) bond motifs is 3. The van der Waals surface area contributed by atoms with E-state index in [4.69, 9.17) is 9.84 Å². The summed E-state index contributed by atoms with van der Waals surface area (Å²) >= 11 is 0. The number of rotatable bonds is 10. The number of nitrogens with one attached hydrogen (secondary N) is 2. The third-order valence-electron chi connectivity index (χ3n) is 5.86. The van der Waals surface area contributed by atoms with Crippen LogP contribution < -0.4 is 10.6 Å². The second kappa shape index (κ2) is 10.8. The Hall–Kier alpha value is -4.21. The number of benzene rings is 2. The van der Waals surface area contributed by atoms with Crippen LogP contribution in [-0.2, 0) is 16.1 Å². The van der Waals surface area contributed by atoms with Gasteiger partial charge in [-0.2, -0.15) is 0 Å². The summed E-state index contributed by atoms with van der Waals surface area (Å²) in [6.07, 6.45) is 0.905. The predicted octanol–water partition coefficient (Wildman–Crippen LogP) is 2.66. The molecule has 1 heterocycles. The van der Waals surface area contributed by atoms with Crippen LogP contribution in [0.15, 0.2) is 54.7 Å². The van der Waals surface area contributed by atoms with E-state index < -0.39 is 18.0 Å². The number of nitrogens with zero attached hydrogens (tertiary/aromatic N) is 3. The smallest absolute Gasteiger partial charge is 0.407 e. The molecule has 10 heteroatoms. The summed E-state index contributed by atoms with van der Waals surface area (Å²) < 4.78 is 6.95. The lowest BCUT2D eigenvalue weighted by Crippen LogP contribution is -2.29. The highest BCUT2D eigenvalue weighted by Crippen LogP contribution is 2.44. The zero-order chi connectivity index (χ0) is 24.8. The Morgan fingerprint density at radius 2 is 1.71 bits per heavy atom. The van der Waals surface area contributed by atoms with Crippen molar-refractivity contribution in [3.05, 3.63) is 71.5 Å². The summed E-state index contributed by atoms with van der Waals surface area (Å²) in [5, 5.41) is 21.8. The van der Waals surface area contributed by atoms with Crippen molar-refractivity contribution in [3.8, 4) is 11.1 Å². The Bertz CT molecular complexity index is 1180. The largest absolute Gasteiger partial charge is 0.481 e. The molecule has 35 heavy (non-hydrogen) atoms. The van der Waals surface area contributed by atoms with Crippen molar-refractivity contribution in [3.63, 3.8) is 0 Å². The van der Waals surface area contributed by atoms with Crippen LogP contribution in [0, 0.1) is 5.92 Å². The summed E-state index contributed by atoms with van der Waals surface area (Å²) in [6.45, 7) is 2.74. The lowest BCUT2D eigenvalue weighted by molar-refractivity contribution is -0.137. The van der Waals surface area contributed by atoms with E-state index >= 15 is 0 Å². The summed E-state index contributed by atoms with van der Waals surface area (Å²) in [6, 6.07) is 16.3. The first-order valence-electron chi connectivity index (χ1n) is 11.4. The van der Waals surface area contributed by atoms with Crippen LogP contribution in [-0.4, -0.2) is 57.8 Å². The molecule has 10 nitrogen and oxygen atoms in total. The van der Waals surface area contributed by atoms with Gasteiger partial charge in [-0.25, -0.2) is 9.48 Å². The monoisotopic (exact) mass is 477 g/mol. The van der Waals surface area contributed by atoms with E-state index in [-0.39, 0.29) is 43.6 Å². The minimum Gasteiger partial charge on any atom is -0.481 e. The number of hydrogen-bond acceptors (Lipinski definition) is 6. The van der Waals surface area contributed by atoms with Gasteiger partial charge < -0.3 is 20.5 Å². The van der Waals surface area contributed by atoms with E-state index in [0.717, 1.165) is 11.1 Å². The average Bonchev–Trinajstić information content (AvgIpc) is 3.44. The highest BCUT2D eigenvalue weighted by Gasteiger charge is 2.28. The molecule has 1 atom stereocenters. The van der Waals surface area contributed by atoms with Crippen LogP contribution >= 0.6 is 0 Å². The molecule has 1 aliphatic carbocycles. The molecule has 0 saturated heterocycles. The van der Waals surface area contributed by atoms with Crippen LogP contribution in [0.3, 0.4) is 0 Å². The second-order valence-corrected chi connectivity index (χ2v) is 8.53. The van der Waals surface area contributed by atoms with E-state index in [1.165, 1.54) is 22.0 Å². The Labute approximate surface area is 202 Å². The minimum absolute atomic E-state index is 0.0113. The molecule has 2 amide bonds. The molecule has 0 spiro atoms. The molecule has 2 aromatic carbocycles. The van der Waals surface area contributed by atoms with Gasteiger partial charge in [-0.1, -0.05) is 60.7 Å². The molecule has 1 unspecified atom stereocenters. The molecule has 182 valence electrons. The Kier molecular flexibility index (Phi) is 7.39. The van der Waals surface area contributed by atoms with Crippen LogP contribution in [0.1, 0.15) is 40.9 Å². The highest BCUT2D eigenvalue weighted by molar-refractivity contribution is 5.91. The lowest BCUT2D eigenvalue weighted by Gasteiger charge is -2.14. The van der Waals surface area contributed by atoms with Gasteiger partial charge in [0.05, 0.1) is 12.7 Å². The standard InChI is InChI=1S/C25H27N5O5/c1-16(12-23(31)32)13-27-24(33)22-14-30(29-28-22)11-10-26-25(34)35-15-21-19-8-4-2-6-17(19)18-7-3-5-9-20(18)21/h2-9,14,16,21H,10-13,15H2,1H3,(H,26,34)(H,27,33)(H,31,32). The number of carbonyl (C=O) groups excluding carboxylic acids is 2. The van der Waals surface area contributed by atoms with Crippen LogP contribution in [0.5, 0.6) is 0 Å². The zero-order valence-electron chi connectivity index (χ0n) is 19.3. The van der Waals surface area contributed by atoms with Gasteiger partial charge >= 0.3 is 12.1 Å². The van der Waals surface area contributed by atoms with Gasteiger partial charge in [-0.15, -0.1) is 5.10 Å². The molecule has 1 aromatic heterocycles. The van der Waals surface area contributed by atoms with E-state index in [2.05, 4.69) is 45.2 Å². The minimum atomic E-state index is -0.915. The number of carbonyl (C=O) groups is 3. The fourth-order valence-corrected chi connectivity index (χ4v) is 4.16. The normalized spacial score (nSPS) is 12.9. The van der Waals surface area contributed by atoms with Crippen LogP contribution in [0.2, 0.25) is 0 Å². The van der Waals surface area contributed by atoms with E-state index in [1.54, 1.807) is 6.92 Å². The summed E-state index contributed by atoms with van der Waals surface area (Å²) in [5.74, 6) is -1.56. The maximum atomic E-state index is 12.3. The first-order valence-corrected chi connectivity index (χ1v) is 11.4. The SMILES string of the molecule is CC(CNC(=O)c1cn(CCNC(=O)OCC2c3ccccc3-c3ccccc32)nn1)CC(=O)O. The summed E-state index contributed by atoms with van der Waals surface area (Å²) in [5.41, 5.74) is 4.74. The van der Waals surface area contributed by atoms with Crippen molar-refractivity contribution in [2.24, 2.45) is 5.92 Å². The maximum absolute atomic E-state index is 12.3. The Balaban J connectivity index is 1.22. The van der Waals surface area contributed by atoms with Crippen molar-refractivity contribution < 1.29 is 24.2 Å². The molecule has 0 bridgehead atoms. The molecule has 0 radical (unpaired) electrons. The molecule has 0 fully saturated rings. The summed E-state index contributed by atoms with van der Waals surface area (Å²) in [4.78, 5) is 35.1. The zero-order valence-corrected chi connectivity index (χ0v) is 19.3. The topological polar surface area (TPSA) is 135 Å². The van der Waals surface area contributed by atoms with Gasteiger partial charge in [-0.05, 0) is 28.2 Å². The number of amides is 2. The number of alkyl carbamates (subject to hydrolysis) is 1. The molecule has 3 aromatic rings. The van der Waals surface area contributed by atoms with Crippen LogP contribution in [0.4, 0.5) is 4.79 Å². The average molecular weight is 478 g/mol. The maximum Gasteiger partial charge on any atom is 0.407 e. The fraction of sp³-hybridized carbons (Fsp3) is 0.320. The number of hydrogen-bond donors (Lipinski definition) is 3. The molecule has 0 saturated carbocycles. The molecule has 0 aliphatic heterocycles.